The molecule has 0 aliphatic heterocycles. The summed E-state index contributed by atoms with van der Waals surface area (Å²) >= 11 is 11.8. The first-order chi connectivity index (χ1) is 8.27. The van der Waals surface area contributed by atoms with Crippen LogP contribution in [0.1, 0.15) is 5.56 Å². The minimum atomic E-state index is 0.267. The van der Waals surface area contributed by atoms with Gasteiger partial charge in [-0.2, -0.15) is 5.10 Å². The average molecular weight is 267 g/mol. The number of benzene rings is 1. The highest BCUT2D eigenvalue weighted by molar-refractivity contribution is 6.33. The summed E-state index contributed by atoms with van der Waals surface area (Å²) < 4.78 is 0. The predicted octanol–water partition coefficient (Wildman–Crippen LogP) is 3.23. The second-order valence-corrected chi connectivity index (χ2v) is 3.85. The Morgan fingerprint density at radius 1 is 1.12 bits per heavy atom. The van der Waals surface area contributed by atoms with Gasteiger partial charge in [-0.05, 0) is 6.07 Å². The molecule has 0 radical (unpaired) electrons. The molecule has 1 aromatic heterocycles. The highest BCUT2D eigenvalue weighted by Gasteiger charge is 1.99. The summed E-state index contributed by atoms with van der Waals surface area (Å²) in [5.74, 6) is 0.400. The van der Waals surface area contributed by atoms with Crippen molar-refractivity contribution in [1.82, 2.24) is 9.97 Å². The van der Waals surface area contributed by atoms with Crippen molar-refractivity contribution in [3.05, 3.63) is 52.4 Å². The summed E-state index contributed by atoms with van der Waals surface area (Å²) in [4.78, 5) is 7.84. The third-order valence-corrected chi connectivity index (χ3v) is 2.55. The molecule has 2 aromatic rings. The number of hydrogen-bond acceptors (Lipinski definition) is 4. The molecule has 0 aliphatic carbocycles. The van der Waals surface area contributed by atoms with Gasteiger partial charge in [-0.15, -0.1) is 0 Å². The molecule has 0 amide bonds. The molecular formula is C11H8Cl2N4. The number of nitrogens with one attached hydrogen (secondary N) is 1. The van der Waals surface area contributed by atoms with Crippen LogP contribution < -0.4 is 5.43 Å². The van der Waals surface area contributed by atoms with E-state index in [4.69, 9.17) is 23.2 Å². The first-order valence-electron chi connectivity index (χ1n) is 4.77. The minimum Gasteiger partial charge on any atom is -0.259 e. The lowest BCUT2D eigenvalue weighted by molar-refractivity contribution is 1.16. The highest BCUT2D eigenvalue weighted by atomic mass is 35.5. The van der Waals surface area contributed by atoms with Gasteiger partial charge in [0.15, 0.2) is 11.0 Å². The van der Waals surface area contributed by atoms with E-state index in [2.05, 4.69) is 20.5 Å². The van der Waals surface area contributed by atoms with Crippen molar-refractivity contribution in [2.75, 3.05) is 5.43 Å². The quantitative estimate of drug-likeness (QED) is 0.686. The van der Waals surface area contributed by atoms with E-state index in [1.807, 2.05) is 18.2 Å². The monoisotopic (exact) mass is 266 g/mol. The molecule has 0 aliphatic rings. The zero-order valence-electron chi connectivity index (χ0n) is 8.64. The summed E-state index contributed by atoms with van der Waals surface area (Å²) in [6.07, 6.45) is 4.62. The van der Waals surface area contributed by atoms with Crippen LogP contribution in [0.3, 0.4) is 0 Å². The molecule has 0 fully saturated rings. The van der Waals surface area contributed by atoms with E-state index >= 15 is 0 Å². The molecule has 1 aromatic carbocycles. The summed E-state index contributed by atoms with van der Waals surface area (Å²) in [6.45, 7) is 0. The molecule has 0 bridgehead atoms. The van der Waals surface area contributed by atoms with Crippen LogP contribution in [0.25, 0.3) is 0 Å². The molecule has 1 N–H and O–H groups in total. The van der Waals surface area contributed by atoms with Crippen LogP contribution in [0.2, 0.25) is 10.2 Å². The van der Waals surface area contributed by atoms with Crippen LogP contribution in [0.4, 0.5) is 5.82 Å². The number of hydrazone groups is 1. The molecule has 0 unspecified atom stereocenters. The first-order valence-corrected chi connectivity index (χ1v) is 5.53. The smallest absolute Gasteiger partial charge is 0.184 e. The minimum absolute atomic E-state index is 0.267. The van der Waals surface area contributed by atoms with Crippen LogP contribution in [0.15, 0.2) is 41.8 Å². The number of hydrogen-bond donors (Lipinski definition) is 1. The van der Waals surface area contributed by atoms with Crippen molar-refractivity contribution in [2.45, 2.75) is 0 Å². The lowest BCUT2D eigenvalue weighted by atomic mass is 10.2. The van der Waals surface area contributed by atoms with Gasteiger partial charge in [0, 0.05) is 23.0 Å². The van der Waals surface area contributed by atoms with Crippen LogP contribution in [0.5, 0.6) is 0 Å². The predicted molar refractivity (Wildman–Crippen MR) is 69.7 cm³/mol. The molecule has 4 nitrogen and oxygen atoms in total. The topological polar surface area (TPSA) is 50.2 Å². The lowest BCUT2D eigenvalue weighted by Gasteiger charge is -2.00. The fourth-order valence-electron chi connectivity index (χ4n) is 1.14. The number of anilines is 1. The SMILES string of the molecule is Clc1ccccc1/C=N\Nc1nccnc1Cl. The van der Waals surface area contributed by atoms with Crippen LogP contribution >= 0.6 is 23.2 Å². The van der Waals surface area contributed by atoms with Crippen molar-refractivity contribution >= 4 is 35.2 Å². The Bertz CT molecular complexity index is 542. The maximum Gasteiger partial charge on any atom is 0.184 e. The second-order valence-electron chi connectivity index (χ2n) is 3.09. The van der Waals surface area contributed by atoms with Crippen LogP contribution in [0, 0.1) is 0 Å². The molecule has 0 saturated heterocycles. The van der Waals surface area contributed by atoms with Gasteiger partial charge in [0.05, 0.1) is 6.21 Å². The van der Waals surface area contributed by atoms with Gasteiger partial charge in [-0.25, -0.2) is 9.97 Å². The molecular weight excluding hydrogens is 259 g/mol. The Morgan fingerprint density at radius 3 is 2.65 bits per heavy atom. The Hall–Kier alpha value is -1.65. The van der Waals surface area contributed by atoms with Gasteiger partial charge in [0.25, 0.3) is 0 Å². The molecule has 1 heterocycles. The van der Waals surface area contributed by atoms with Crippen molar-refractivity contribution in [3.8, 4) is 0 Å². The maximum absolute atomic E-state index is 5.96. The number of aromatic nitrogens is 2. The van der Waals surface area contributed by atoms with Gasteiger partial charge >= 0.3 is 0 Å². The van der Waals surface area contributed by atoms with E-state index in [-0.39, 0.29) is 5.15 Å². The van der Waals surface area contributed by atoms with E-state index < -0.39 is 0 Å². The Balaban J connectivity index is 2.09. The second kappa shape index (κ2) is 5.61. The lowest BCUT2D eigenvalue weighted by Crippen LogP contribution is -1.95. The molecule has 0 spiro atoms. The fourth-order valence-corrected chi connectivity index (χ4v) is 1.47. The van der Waals surface area contributed by atoms with Gasteiger partial charge in [-0.3, -0.25) is 5.43 Å². The summed E-state index contributed by atoms with van der Waals surface area (Å²) in [7, 11) is 0. The van der Waals surface area contributed by atoms with Crippen LogP contribution in [-0.4, -0.2) is 16.2 Å². The van der Waals surface area contributed by atoms with Gasteiger partial charge in [0.1, 0.15) is 0 Å². The fraction of sp³-hybridized carbons (Fsp3) is 0. The number of nitrogens with zero attached hydrogens (tertiary/aromatic N) is 3. The molecule has 2 rings (SSSR count). The van der Waals surface area contributed by atoms with E-state index in [1.54, 1.807) is 12.3 Å². The van der Waals surface area contributed by atoms with Gasteiger partial charge in [-0.1, -0.05) is 41.4 Å². The molecule has 6 heteroatoms. The Labute approximate surface area is 108 Å². The Morgan fingerprint density at radius 2 is 1.88 bits per heavy atom. The highest BCUT2D eigenvalue weighted by Crippen LogP contribution is 2.15. The zero-order chi connectivity index (χ0) is 12.1. The van der Waals surface area contributed by atoms with E-state index in [1.165, 1.54) is 12.4 Å². The normalized spacial score (nSPS) is 10.7. The maximum atomic E-state index is 5.96. The van der Waals surface area contributed by atoms with Crippen molar-refractivity contribution in [1.29, 1.82) is 0 Å². The Kier molecular flexibility index (Phi) is 3.90. The summed E-state index contributed by atoms with van der Waals surface area (Å²) in [5.41, 5.74) is 3.50. The van der Waals surface area contributed by atoms with E-state index in [0.717, 1.165) is 5.56 Å². The van der Waals surface area contributed by atoms with E-state index in [0.29, 0.717) is 10.8 Å². The number of halogens is 2. The van der Waals surface area contributed by atoms with Crippen LogP contribution in [-0.2, 0) is 0 Å². The summed E-state index contributed by atoms with van der Waals surface area (Å²) in [5, 5.41) is 4.88. The summed E-state index contributed by atoms with van der Waals surface area (Å²) in [6, 6.07) is 7.37. The molecule has 86 valence electrons. The standard InChI is InChI=1S/C11H8Cl2N4/c12-9-4-2-1-3-8(9)7-16-17-11-10(13)14-5-6-15-11/h1-7H,(H,15,17)/b16-7-. The average Bonchev–Trinajstić information content (AvgIpc) is 2.34. The number of rotatable bonds is 3. The van der Waals surface area contributed by atoms with Gasteiger partial charge in [0.2, 0.25) is 0 Å². The third kappa shape index (κ3) is 3.15. The van der Waals surface area contributed by atoms with E-state index in [9.17, 15) is 0 Å². The van der Waals surface area contributed by atoms with Crippen molar-refractivity contribution < 1.29 is 0 Å². The molecule has 0 saturated carbocycles. The molecule has 0 atom stereocenters. The van der Waals surface area contributed by atoms with Gasteiger partial charge < -0.3 is 0 Å². The van der Waals surface area contributed by atoms with Crippen molar-refractivity contribution in [2.24, 2.45) is 5.10 Å². The first kappa shape index (κ1) is 11.8. The van der Waals surface area contributed by atoms with Crippen molar-refractivity contribution in [3.63, 3.8) is 0 Å². The third-order valence-electron chi connectivity index (χ3n) is 1.93. The molecule has 17 heavy (non-hydrogen) atoms. The zero-order valence-corrected chi connectivity index (χ0v) is 10.2. The largest absolute Gasteiger partial charge is 0.259 e.